The van der Waals surface area contributed by atoms with Crippen molar-refractivity contribution in [2.45, 2.75) is 19.4 Å². The van der Waals surface area contributed by atoms with Gasteiger partial charge in [0, 0.05) is 56.1 Å². The summed E-state index contributed by atoms with van der Waals surface area (Å²) in [5.41, 5.74) is 1.81. The molecule has 2 aromatic rings. The molecule has 0 unspecified atom stereocenters. The Morgan fingerprint density at radius 3 is 2.96 bits per heavy atom. The molecule has 1 aromatic heterocycles. The lowest BCUT2D eigenvalue weighted by Gasteiger charge is -2.22. The van der Waals surface area contributed by atoms with Gasteiger partial charge in [-0.05, 0) is 37.0 Å². The van der Waals surface area contributed by atoms with Crippen molar-refractivity contribution in [3.05, 3.63) is 36.0 Å². The standard InChI is InChI=1S/C18H24N2O3/c1-22-12-9-20-8-5-15-16(3-2-4-17(15)20)18(21)19-13-14-6-10-23-11-7-14/h2-5,8,14H,6-7,9-13H2,1H3,(H,19,21). The maximum atomic E-state index is 12.5. The predicted octanol–water partition coefficient (Wildman–Crippen LogP) is 2.44. The maximum Gasteiger partial charge on any atom is 0.251 e. The first kappa shape index (κ1) is 16.0. The number of hydrogen-bond acceptors (Lipinski definition) is 3. The zero-order chi connectivity index (χ0) is 16.1. The number of amides is 1. The Hall–Kier alpha value is -1.85. The molecule has 1 fully saturated rings. The number of fused-ring (bicyclic) bond motifs is 1. The van der Waals surface area contributed by atoms with Gasteiger partial charge in [0.1, 0.15) is 0 Å². The van der Waals surface area contributed by atoms with E-state index in [9.17, 15) is 4.79 Å². The van der Waals surface area contributed by atoms with Gasteiger partial charge in [-0.25, -0.2) is 0 Å². The second-order valence-corrected chi connectivity index (χ2v) is 6.01. The molecule has 1 aromatic carbocycles. The molecule has 0 bridgehead atoms. The van der Waals surface area contributed by atoms with Gasteiger partial charge in [-0.15, -0.1) is 0 Å². The van der Waals surface area contributed by atoms with Gasteiger partial charge < -0.3 is 19.4 Å². The number of aromatic nitrogens is 1. The van der Waals surface area contributed by atoms with Crippen molar-refractivity contribution in [2.75, 3.05) is 33.5 Å². The summed E-state index contributed by atoms with van der Waals surface area (Å²) < 4.78 is 12.6. The van der Waals surface area contributed by atoms with Gasteiger partial charge in [0.25, 0.3) is 5.91 Å². The van der Waals surface area contributed by atoms with Crippen LogP contribution in [0.1, 0.15) is 23.2 Å². The van der Waals surface area contributed by atoms with Crippen molar-refractivity contribution >= 4 is 16.8 Å². The molecule has 5 heteroatoms. The lowest BCUT2D eigenvalue weighted by atomic mass is 10.00. The normalized spacial score (nSPS) is 15.9. The van der Waals surface area contributed by atoms with E-state index < -0.39 is 0 Å². The first-order valence-corrected chi connectivity index (χ1v) is 8.22. The van der Waals surface area contributed by atoms with E-state index in [0.717, 1.165) is 55.6 Å². The molecule has 1 amide bonds. The highest BCUT2D eigenvalue weighted by molar-refractivity contribution is 6.06. The number of ether oxygens (including phenoxy) is 2. The van der Waals surface area contributed by atoms with E-state index in [1.165, 1.54) is 0 Å². The van der Waals surface area contributed by atoms with Crippen molar-refractivity contribution < 1.29 is 14.3 Å². The zero-order valence-electron chi connectivity index (χ0n) is 13.6. The summed E-state index contributed by atoms with van der Waals surface area (Å²) in [7, 11) is 1.70. The summed E-state index contributed by atoms with van der Waals surface area (Å²) >= 11 is 0. The summed E-state index contributed by atoms with van der Waals surface area (Å²) in [4.78, 5) is 12.5. The van der Waals surface area contributed by atoms with Crippen molar-refractivity contribution in [3.8, 4) is 0 Å². The van der Waals surface area contributed by atoms with Crippen LogP contribution in [0.3, 0.4) is 0 Å². The molecule has 1 saturated heterocycles. The van der Waals surface area contributed by atoms with Crippen molar-refractivity contribution in [1.29, 1.82) is 0 Å². The van der Waals surface area contributed by atoms with Crippen LogP contribution in [0.2, 0.25) is 0 Å². The number of carbonyl (C=O) groups excluding carboxylic acids is 1. The molecule has 1 aliphatic heterocycles. The molecule has 0 aliphatic carbocycles. The molecule has 3 rings (SSSR count). The van der Waals surface area contributed by atoms with Crippen LogP contribution in [0.15, 0.2) is 30.5 Å². The summed E-state index contributed by atoms with van der Waals surface area (Å²) in [6.45, 7) is 3.77. The third kappa shape index (κ3) is 3.74. The fraction of sp³-hybridized carbons (Fsp3) is 0.500. The minimum Gasteiger partial charge on any atom is -0.383 e. The van der Waals surface area contributed by atoms with Gasteiger partial charge in [-0.3, -0.25) is 4.79 Å². The van der Waals surface area contributed by atoms with Crippen LogP contribution >= 0.6 is 0 Å². The smallest absolute Gasteiger partial charge is 0.251 e. The number of hydrogen-bond donors (Lipinski definition) is 1. The molecule has 124 valence electrons. The highest BCUT2D eigenvalue weighted by Crippen LogP contribution is 2.21. The van der Waals surface area contributed by atoms with E-state index in [0.29, 0.717) is 12.5 Å². The van der Waals surface area contributed by atoms with Crippen LogP contribution in [0.25, 0.3) is 10.9 Å². The lowest BCUT2D eigenvalue weighted by Crippen LogP contribution is -2.32. The Morgan fingerprint density at radius 1 is 1.35 bits per heavy atom. The molecule has 23 heavy (non-hydrogen) atoms. The van der Waals surface area contributed by atoms with Gasteiger partial charge in [0.15, 0.2) is 0 Å². The molecule has 0 saturated carbocycles. The molecular weight excluding hydrogens is 292 g/mol. The van der Waals surface area contributed by atoms with Crippen molar-refractivity contribution in [2.24, 2.45) is 5.92 Å². The van der Waals surface area contributed by atoms with Gasteiger partial charge in [0.2, 0.25) is 0 Å². The summed E-state index contributed by atoms with van der Waals surface area (Å²) in [6, 6.07) is 7.88. The van der Waals surface area contributed by atoms with Crippen LogP contribution < -0.4 is 5.32 Å². The Kier molecular flexibility index (Phi) is 5.31. The SMILES string of the molecule is COCCn1ccc2c(C(=O)NCC3CCOCC3)cccc21. The highest BCUT2D eigenvalue weighted by Gasteiger charge is 2.17. The third-order valence-corrected chi connectivity index (χ3v) is 4.49. The Balaban J connectivity index is 1.71. The number of nitrogens with zero attached hydrogens (tertiary/aromatic N) is 1. The summed E-state index contributed by atoms with van der Waals surface area (Å²) in [6.07, 6.45) is 4.06. The van der Waals surface area contributed by atoms with E-state index in [4.69, 9.17) is 9.47 Å². The number of rotatable bonds is 6. The monoisotopic (exact) mass is 316 g/mol. The third-order valence-electron chi connectivity index (χ3n) is 4.49. The van der Waals surface area contributed by atoms with E-state index in [1.54, 1.807) is 7.11 Å². The minimum absolute atomic E-state index is 0.00610. The quantitative estimate of drug-likeness (QED) is 0.890. The Labute approximate surface area is 136 Å². The molecule has 0 atom stereocenters. The minimum atomic E-state index is 0.00610. The highest BCUT2D eigenvalue weighted by atomic mass is 16.5. The molecule has 0 spiro atoms. The van der Waals surface area contributed by atoms with Crippen LogP contribution in [0.4, 0.5) is 0 Å². The Morgan fingerprint density at radius 2 is 2.17 bits per heavy atom. The molecular formula is C18H24N2O3. The number of benzene rings is 1. The lowest BCUT2D eigenvalue weighted by molar-refractivity contribution is 0.0643. The second-order valence-electron chi connectivity index (χ2n) is 6.01. The van der Waals surface area contributed by atoms with Gasteiger partial charge in [-0.1, -0.05) is 6.07 Å². The molecule has 0 radical (unpaired) electrons. The van der Waals surface area contributed by atoms with Gasteiger partial charge in [-0.2, -0.15) is 0 Å². The number of carbonyl (C=O) groups is 1. The first-order valence-electron chi connectivity index (χ1n) is 8.22. The van der Waals surface area contributed by atoms with Gasteiger partial charge in [0.05, 0.1) is 6.61 Å². The largest absolute Gasteiger partial charge is 0.383 e. The van der Waals surface area contributed by atoms with Crippen LogP contribution in [0, 0.1) is 5.92 Å². The molecule has 5 nitrogen and oxygen atoms in total. The van der Waals surface area contributed by atoms with Crippen molar-refractivity contribution in [3.63, 3.8) is 0 Å². The maximum absolute atomic E-state index is 12.5. The summed E-state index contributed by atoms with van der Waals surface area (Å²) in [5, 5.41) is 4.08. The molecule has 1 aliphatic rings. The summed E-state index contributed by atoms with van der Waals surface area (Å²) in [5.74, 6) is 0.532. The van der Waals surface area contributed by atoms with Crippen LogP contribution in [0.5, 0.6) is 0 Å². The van der Waals surface area contributed by atoms with E-state index in [1.807, 2.05) is 30.5 Å². The number of methoxy groups -OCH3 is 1. The van der Waals surface area contributed by atoms with E-state index in [2.05, 4.69) is 9.88 Å². The topological polar surface area (TPSA) is 52.5 Å². The van der Waals surface area contributed by atoms with Gasteiger partial charge >= 0.3 is 0 Å². The van der Waals surface area contributed by atoms with E-state index >= 15 is 0 Å². The average Bonchev–Trinajstić information content (AvgIpc) is 3.02. The fourth-order valence-electron chi connectivity index (χ4n) is 3.09. The molecule has 1 N–H and O–H groups in total. The second kappa shape index (κ2) is 7.62. The average molecular weight is 316 g/mol. The zero-order valence-corrected chi connectivity index (χ0v) is 13.6. The Bertz CT molecular complexity index is 659. The van der Waals surface area contributed by atoms with Crippen LogP contribution in [-0.2, 0) is 16.0 Å². The van der Waals surface area contributed by atoms with Crippen LogP contribution in [-0.4, -0.2) is 43.9 Å². The fourth-order valence-corrected chi connectivity index (χ4v) is 3.09. The predicted molar refractivity (Wildman–Crippen MR) is 89.7 cm³/mol. The first-order chi connectivity index (χ1) is 11.3. The van der Waals surface area contributed by atoms with E-state index in [-0.39, 0.29) is 5.91 Å². The molecule has 2 heterocycles. The van der Waals surface area contributed by atoms with Crippen molar-refractivity contribution in [1.82, 2.24) is 9.88 Å². The number of nitrogens with one attached hydrogen (secondary N) is 1.